The molecule has 0 aliphatic carbocycles. The van der Waals surface area contributed by atoms with E-state index in [0.29, 0.717) is 19.8 Å². The highest BCUT2D eigenvalue weighted by atomic mass is 16.6. The fourth-order valence-electron chi connectivity index (χ4n) is 3.18. The predicted octanol–water partition coefficient (Wildman–Crippen LogP) is 5.48. The first kappa shape index (κ1) is 23.7. The van der Waals surface area contributed by atoms with E-state index in [9.17, 15) is 4.79 Å². The molecule has 30 heavy (non-hydrogen) atoms. The second-order valence-corrected chi connectivity index (χ2v) is 7.78. The van der Waals surface area contributed by atoms with Crippen LogP contribution >= 0.6 is 0 Å². The fraction of sp³-hybridized carbons (Fsp3) is 0.423. The fourth-order valence-corrected chi connectivity index (χ4v) is 3.18. The Morgan fingerprint density at radius 2 is 1.53 bits per heavy atom. The molecule has 4 heteroatoms. The average Bonchev–Trinajstić information content (AvgIpc) is 2.77. The highest BCUT2D eigenvalue weighted by molar-refractivity contribution is 5.81. The lowest BCUT2D eigenvalue weighted by molar-refractivity contribution is -0.139. The molecule has 4 nitrogen and oxygen atoms in total. The van der Waals surface area contributed by atoms with Crippen molar-refractivity contribution in [2.45, 2.75) is 45.4 Å². The Morgan fingerprint density at radius 3 is 2.13 bits per heavy atom. The molecule has 2 aromatic rings. The normalized spacial score (nSPS) is 11.2. The average molecular weight is 411 g/mol. The van der Waals surface area contributed by atoms with Crippen molar-refractivity contribution in [3.8, 4) is 5.75 Å². The van der Waals surface area contributed by atoms with E-state index in [1.54, 1.807) is 0 Å². The van der Waals surface area contributed by atoms with Crippen LogP contribution in [0.3, 0.4) is 0 Å². The summed E-state index contributed by atoms with van der Waals surface area (Å²) < 4.78 is 16.0. The first-order chi connectivity index (χ1) is 14.5. The highest BCUT2D eigenvalue weighted by Crippen LogP contribution is 2.32. The number of hydrogen-bond donors (Lipinski definition) is 0. The van der Waals surface area contributed by atoms with Crippen LogP contribution in [0.15, 0.2) is 61.2 Å². The first-order valence-corrected chi connectivity index (χ1v) is 10.7. The van der Waals surface area contributed by atoms with Gasteiger partial charge in [0.25, 0.3) is 0 Å². The summed E-state index contributed by atoms with van der Waals surface area (Å²) in [4.78, 5) is 10.9. The Kier molecular flexibility index (Phi) is 9.62. The quantitative estimate of drug-likeness (QED) is 0.249. The maximum Gasteiger partial charge on any atom is 0.330 e. The zero-order valence-electron chi connectivity index (χ0n) is 18.5. The van der Waals surface area contributed by atoms with Crippen molar-refractivity contribution in [1.82, 2.24) is 0 Å². The molecule has 0 atom stereocenters. The Morgan fingerprint density at radius 1 is 0.933 bits per heavy atom. The number of benzene rings is 2. The predicted molar refractivity (Wildman–Crippen MR) is 121 cm³/mol. The van der Waals surface area contributed by atoms with E-state index >= 15 is 0 Å². The third-order valence-corrected chi connectivity index (χ3v) is 5.21. The number of rotatable bonds is 13. The molecule has 2 rings (SSSR count). The minimum atomic E-state index is -0.440. The zero-order valence-corrected chi connectivity index (χ0v) is 18.5. The maximum atomic E-state index is 10.9. The number of carbonyl (C=O) groups is 1. The van der Waals surface area contributed by atoms with Crippen LogP contribution in [0.2, 0.25) is 0 Å². The van der Waals surface area contributed by atoms with E-state index in [1.807, 2.05) is 12.1 Å². The Hall–Kier alpha value is -2.59. The van der Waals surface area contributed by atoms with Crippen molar-refractivity contribution >= 4 is 5.97 Å². The van der Waals surface area contributed by atoms with E-state index in [1.165, 1.54) is 29.5 Å². The number of ether oxygens (including phenoxy) is 3. The van der Waals surface area contributed by atoms with Gasteiger partial charge in [-0.25, -0.2) is 4.79 Å². The van der Waals surface area contributed by atoms with Gasteiger partial charge in [0.15, 0.2) is 0 Å². The van der Waals surface area contributed by atoms with Crippen LogP contribution < -0.4 is 4.74 Å². The summed E-state index contributed by atoms with van der Waals surface area (Å²) in [6, 6.07) is 17.2. The monoisotopic (exact) mass is 410 g/mol. The Labute approximate surface area is 180 Å². The van der Waals surface area contributed by atoms with Crippen molar-refractivity contribution < 1.29 is 19.0 Å². The van der Waals surface area contributed by atoms with E-state index in [2.05, 4.69) is 63.7 Å². The summed E-state index contributed by atoms with van der Waals surface area (Å²) >= 11 is 0. The molecule has 0 bridgehead atoms. The summed E-state index contributed by atoms with van der Waals surface area (Å²) in [7, 11) is 0. The molecule has 0 unspecified atom stereocenters. The van der Waals surface area contributed by atoms with Gasteiger partial charge in [0, 0.05) is 11.5 Å². The van der Waals surface area contributed by atoms with E-state index < -0.39 is 5.97 Å². The van der Waals surface area contributed by atoms with Gasteiger partial charge in [0.2, 0.25) is 0 Å². The topological polar surface area (TPSA) is 44.8 Å². The van der Waals surface area contributed by atoms with Crippen molar-refractivity contribution in [3.63, 3.8) is 0 Å². The molecule has 0 fully saturated rings. The highest BCUT2D eigenvalue weighted by Gasteiger charge is 2.23. The minimum Gasteiger partial charge on any atom is -0.491 e. The van der Waals surface area contributed by atoms with E-state index in [0.717, 1.165) is 18.2 Å². The largest absolute Gasteiger partial charge is 0.491 e. The van der Waals surface area contributed by atoms with Crippen LogP contribution in [-0.4, -0.2) is 32.4 Å². The molecule has 0 amide bonds. The third kappa shape index (κ3) is 7.34. The van der Waals surface area contributed by atoms with Crippen LogP contribution in [0.1, 0.15) is 50.3 Å². The second kappa shape index (κ2) is 12.2. The molecule has 0 aliphatic heterocycles. The van der Waals surface area contributed by atoms with Gasteiger partial charge in [-0.1, -0.05) is 70.2 Å². The van der Waals surface area contributed by atoms with Gasteiger partial charge in [0.1, 0.15) is 19.0 Å². The Balaban J connectivity index is 1.81. The van der Waals surface area contributed by atoms with Crippen LogP contribution in [-0.2, 0) is 26.1 Å². The van der Waals surface area contributed by atoms with E-state index in [-0.39, 0.29) is 12.0 Å². The first-order valence-electron chi connectivity index (χ1n) is 10.7. The summed E-state index contributed by atoms with van der Waals surface area (Å²) in [5.41, 5.74) is 3.88. The van der Waals surface area contributed by atoms with Gasteiger partial charge >= 0.3 is 5.97 Å². The van der Waals surface area contributed by atoms with Crippen molar-refractivity contribution in [2.24, 2.45) is 0 Å². The Bertz CT molecular complexity index is 776. The standard InChI is InChI=1S/C26H34O4/c1-5-7-8-21-9-11-22(12-10-21)26(3,4)23-13-15-24(16-14-23)29-19-17-28-18-20-30-25(27)6-2/h6,9-16H,2,5,7-8,17-20H2,1,3-4H3. The zero-order chi connectivity index (χ0) is 21.8. The molecule has 0 saturated carbocycles. The van der Waals surface area contributed by atoms with Crippen molar-refractivity contribution in [2.75, 3.05) is 26.4 Å². The molecule has 0 aliphatic rings. The van der Waals surface area contributed by atoms with Crippen molar-refractivity contribution in [1.29, 1.82) is 0 Å². The number of carbonyl (C=O) groups excluding carboxylic acids is 1. The molecular formula is C26H34O4. The van der Waals surface area contributed by atoms with Crippen LogP contribution in [0.25, 0.3) is 0 Å². The lowest BCUT2D eigenvalue weighted by atomic mass is 9.78. The van der Waals surface area contributed by atoms with Gasteiger partial charge in [0.05, 0.1) is 13.2 Å². The summed E-state index contributed by atoms with van der Waals surface area (Å²) in [6.07, 6.45) is 4.74. The summed E-state index contributed by atoms with van der Waals surface area (Å²) in [5, 5.41) is 0. The van der Waals surface area contributed by atoms with Crippen LogP contribution in [0, 0.1) is 0 Å². The number of unbranched alkanes of at least 4 members (excludes halogenated alkanes) is 1. The van der Waals surface area contributed by atoms with Crippen LogP contribution in [0.4, 0.5) is 0 Å². The summed E-state index contributed by atoms with van der Waals surface area (Å²) in [6.45, 7) is 11.5. The molecule has 0 spiro atoms. The van der Waals surface area contributed by atoms with Gasteiger partial charge in [-0.05, 0) is 41.7 Å². The third-order valence-electron chi connectivity index (χ3n) is 5.21. The lowest BCUT2D eigenvalue weighted by Gasteiger charge is -2.26. The van der Waals surface area contributed by atoms with Gasteiger partial charge < -0.3 is 14.2 Å². The van der Waals surface area contributed by atoms with Gasteiger partial charge in [-0.3, -0.25) is 0 Å². The SMILES string of the molecule is C=CC(=O)OCCOCCOc1ccc(C(C)(C)c2ccc(CCCC)cc2)cc1. The molecule has 0 aromatic heterocycles. The number of aryl methyl sites for hydroxylation is 1. The minimum absolute atomic E-state index is 0.0756. The number of esters is 1. The second-order valence-electron chi connectivity index (χ2n) is 7.78. The molecular weight excluding hydrogens is 376 g/mol. The number of hydrogen-bond acceptors (Lipinski definition) is 4. The molecule has 0 heterocycles. The molecule has 0 saturated heterocycles. The van der Waals surface area contributed by atoms with Gasteiger partial charge in [-0.2, -0.15) is 0 Å². The van der Waals surface area contributed by atoms with Crippen LogP contribution in [0.5, 0.6) is 5.75 Å². The van der Waals surface area contributed by atoms with Gasteiger partial charge in [-0.15, -0.1) is 0 Å². The lowest BCUT2D eigenvalue weighted by Crippen LogP contribution is -2.18. The van der Waals surface area contributed by atoms with E-state index in [4.69, 9.17) is 14.2 Å². The van der Waals surface area contributed by atoms with Crippen molar-refractivity contribution in [3.05, 3.63) is 77.9 Å². The summed E-state index contributed by atoms with van der Waals surface area (Å²) in [5.74, 6) is 0.372. The molecule has 2 aromatic carbocycles. The maximum absolute atomic E-state index is 10.9. The molecule has 162 valence electrons. The molecule has 0 radical (unpaired) electrons. The molecule has 0 N–H and O–H groups in total. The smallest absolute Gasteiger partial charge is 0.330 e.